The van der Waals surface area contributed by atoms with Crippen molar-refractivity contribution in [2.45, 2.75) is 6.54 Å². The molecule has 1 aromatic heterocycles. The van der Waals surface area contributed by atoms with Gasteiger partial charge in [0, 0.05) is 35.4 Å². The molecule has 0 saturated carbocycles. The first-order valence-electron chi connectivity index (χ1n) is 9.41. The molecule has 2 aliphatic rings. The molecular weight excluding hydrogens is 368 g/mol. The van der Waals surface area contributed by atoms with Crippen molar-refractivity contribution in [2.75, 3.05) is 31.2 Å². The number of nitrogens with zero attached hydrogens (tertiary/aromatic N) is 2. The molecule has 0 spiro atoms. The van der Waals surface area contributed by atoms with Crippen molar-refractivity contribution in [3.63, 3.8) is 0 Å². The Morgan fingerprint density at radius 3 is 2.79 bits per heavy atom. The molecule has 28 heavy (non-hydrogen) atoms. The van der Waals surface area contributed by atoms with Gasteiger partial charge in [-0.2, -0.15) is 0 Å². The first kappa shape index (κ1) is 18.5. The van der Waals surface area contributed by atoms with E-state index < -0.39 is 0 Å². The Morgan fingerprint density at radius 1 is 1.25 bits per heavy atom. The van der Waals surface area contributed by atoms with Gasteiger partial charge in [-0.25, -0.2) is 4.99 Å². The second-order valence-electron chi connectivity index (χ2n) is 6.53. The van der Waals surface area contributed by atoms with Gasteiger partial charge in [0.05, 0.1) is 19.8 Å². The van der Waals surface area contributed by atoms with Gasteiger partial charge in [0.15, 0.2) is 0 Å². The van der Waals surface area contributed by atoms with Gasteiger partial charge in [0.2, 0.25) is 0 Å². The molecule has 6 heteroatoms. The van der Waals surface area contributed by atoms with Gasteiger partial charge in [-0.15, -0.1) is 11.3 Å². The molecule has 1 aromatic carbocycles. The van der Waals surface area contributed by atoms with Crippen LogP contribution in [0.15, 0.2) is 77.1 Å². The summed E-state index contributed by atoms with van der Waals surface area (Å²) in [6.45, 7) is 8.23. The van der Waals surface area contributed by atoms with E-state index in [1.165, 1.54) is 10.6 Å². The minimum absolute atomic E-state index is 0.787. The number of anilines is 1. The van der Waals surface area contributed by atoms with E-state index in [9.17, 15) is 0 Å². The Hall–Kier alpha value is -2.83. The van der Waals surface area contributed by atoms with Gasteiger partial charge in [-0.1, -0.05) is 30.9 Å². The van der Waals surface area contributed by atoms with Gasteiger partial charge < -0.3 is 20.3 Å². The lowest BCUT2D eigenvalue weighted by atomic mass is 10.0. The first-order valence-corrected chi connectivity index (χ1v) is 10.3. The number of morpholine rings is 1. The van der Waals surface area contributed by atoms with Gasteiger partial charge in [0.1, 0.15) is 11.6 Å². The molecule has 0 aliphatic carbocycles. The van der Waals surface area contributed by atoms with E-state index in [2.05, 4.69) is 68.9 Å². The Kier molecular flexibility index (Phi) is 5.89. The highest BCUT2D eigenvalue weighted by atomic mass is 32.1. The van der Waals surface area contributed by atoms with Crippen molar-refractivity contribution >= 4 is 28.8 Å². The highest BCUT2D eigenvalue weighted by molar-refractivity contribution is 7.09. The van der Waals surface area contributed by atoms with Crippen molar-refractivity contribution < 1.29 is 4.74 Å². The van der Waals surface area contributed by atoms with E-state index >= 15 is 0 Å². The molecule has 2 aromatic rings. The first-order chi connectivity index (χ1) is 13.8. The molecule has 4 rings (SSSR count). The number of thiophene rings is 1. The number of benzene rings is 1. The van der Waals surface area contributed by atoms with E-state index in [1.807, 2.05) is 18.4 Å². The van der Waals surface area contributed by atoms with Crippen LogP contribution in [0.1, 0.15) is 10.4 Å². The Balaban J connectivity index is 1.47. The van der Waals surface area contributed by atoms with Crippen molar-refractivity contribution in [3.8, 4) is 0 Å². The lowest BCUT2D eigenvalue weighted by Gasteiger charge is -2.29. The summed E-state index contributed by atoms with van der Waals surface area (Å²) in [4.78, 5) is 8.15. The summed E-state index contributed by atoms with van der Waals surface area (Å²) in [6, 6.07) is 12.8. The predicted molar refractivity (Wildman–Crippen MR) is 117 cm³/mol. The summed E-state index contributed by atoms with van der Waals surface area (Å²) in [5.74, 6) is 1.73. The quantitative estimate of drug-likeness (QED) is 0.786. The van der Waals surface area contributed by atoms with E-state index in [-0.39, 0.29) is 0 Å². The minimum atomic E-state index is 0.787. The SMILES string of the molecule is C=C/C(=C1/N=CC=C(NCc2cccs2)N1)c1ccc(N2CCOCC2)cc1. The maximum atomic E-state index is 5.44. The van der Waals surface area contributed by atoms with Crippen LogP contribution in [0.4, 0.5) is 5.69 Å². The molecule has 0 unspecified atom stereocenters. The molecule has 1 saturated heterocycles. The van der Waals surface area contributed by atoms with Crippen LogP contribution in [0, 0.1) is 0 Å². The molecule has 0 bridgehead atoms. The fourth-order valence-electron chi connectivity index (χ4n) is 3.25. The summed E-state index contributed by atoms with van der Waals surface area (Å²) in [5, 5.41) is 8.89. The number of allylic oxidation sites excluding steroid dienone is 3. The highest BCUT2D eigenvalue weighted by Gasteiger charge is 2.13. The van der Waals surface area contributed by atoms with E-state index in [0.29, 0.717) is 0 Å². The van der Waals surface area contributed by atoms with Crippen LogP contribution in [-0.4, -0.2) is 32.5 Å². The molecule has 1 fully saturated rings. The molecular formula is C22H24N4OS. The fourth-order valence-corrected chi connectivity index (χ4v) is 3.89. The molecule has 0 atom stereocenters. The van der Waals surface area contributed by atoms with Crippen LogP contribution in [0.25, 0.3) is 5.57 Å². The average molecular weight is 393 g/mol. The maximum Gasteiger partial charge on any atom is 0.139 e. The van der Waals surface area contributed by atoms with Crippen molar-refractivity contribution in [1.82, 2.24) is 10.6 Å². The summed E-state index contributed by atoms with van der Waals surface area (Å²) < 4.78 is 5.44. The molecule has 0 radical (unpaired) electrons. The number of rotatable bonds is 6. The summed E-state index contributed by atoms with van der Waals surface area (Å²) in [5.41, 5.74) is 3.29. The second-order valence-corrected chi connectivity index (χ2v) is 7.56. The third-order valence-electron chi connectivity index (χ3n) is 4.74. The molecule has 2 N–H and O–H groups in total. The van der Waals surface area contributed by atoms with Gasteiger partial charge >= 0.3 is 0 Å². The predicted octanol–water partition coefficient (Wildman–Crippen LogP) is 3.74. The van der Waals surface area contributed by atoms with Gasteiger partial charge in [-0.3, -0.25) is 0 Å². The molecule has 5 nitrogen and oxygen atoms in total. The van der Waals surface area contributed by atoms with Gasteiger partial charge in [0.25, 0.3) is 0 Å². The summed E-state index contributed by atoms with van der Waals surface area (Å²) in [6.07, 6.45) is 5.61. The third-order valence-corrected chi connectivity index (χ3v) is 5.62. The normalized spacial score (nSPS) is 18.3. The van der Waals surface area contributed by atoms with Crippen LogP contribution in [-0.2, 0) is 11.3 Å². The zero-order chi connectivity index (χ0) is 19.2. The fraction of sp³-hybridized carbons (Fsp3) is 0.227. The summed E-state index contributed by atoms with van der Waals surface area (Å²) in [7, 11) is 0. The lowest BCUT2D eigenvalue weighted by Crippen LogP contribution is -2.36. The van der Waals surface area contributed by atoms with E-state index in [1.54, 1.807) is 11.3 Å². The molecule has 144 valence electrons. The monoisotopic (exact) mass is 392 g/mol. The molecule has 0 amide bonds. The Bertz CT molecular complexity index is 891. The zero-order valence-corrected chi connectivity index (χ0v) is 16.5. The van der Waals surface area contributed by atoms with Crippen LogP contribution in [0.2, 0.25) is 0 Å². The Labute approximate surface area is 169 Å². The molecule has 3 heterocycles. The van der Waals surface area contributed by atoms with Crippen molar-refractivity contribution in [1.29, 1.82) is 0 Å². The summed E-state index contributed by atoms with van der Waals surface area (Å²) >= 11 is 1.74. The number of hydrogen-bond donors (Lipinski definition) is 2. The van der Waals surface area contributed by atoms with E-state index in [0.717, 1.165) is 55.6 Å². The zero-order valence-electron chi connectivity index (χ0n) is 15.7. The standard InChI is InChI=1S/C22H24N4OS/c1-2-20(17-5-7-18(8-6-17)26-11-13-27-14-12-26)22-23-10-9-21(25-22)24-16-19-4-3-15-28-19/h2-10,15,24-25H,1,11-14,16H2/b22-20+. The van der Waals surface area contributed by atoms with E-state index in [4.69, 9.17) is 4.74 Å². The van der Waals surface area contributed by atoms with Crippen molar-refractivity contribution in [2.24, 2.45) is 4.99 Å². The number of ether oxygens (including phenoxy) is 1. The third kappa shape index (κ3) is 4.35. The number of hydrogen-bond acceptors (Lipinski definition) is 6. The maximum absolute atomic E-state index is 5.44. The van der Waals surface area contributed by atoms with Crippen LogP contribution in [0.3, 0.4) is 0 Å². The smallest absolute Gasteiger partial charge is 0.139 e. The average Bonchev–Trinajstić information content (AvgIpc) is 3.28. The van der Waals surface area contributed by atoms with Crippen LogP contribution >= 0.6 is 11.3 Å². The Morgan fingerprint density at radius 2 is 2.07 bits per heavy atom. The topological polar surface area (TPSA) is 48.9 Å². The lowest BCUT2D eigenvalue weighted by molar-refractivity contribution is 0.122. The largest absolute Gasteiger partial charge is 0.378 e. The van der Waals surface area contributed by atoms with Gasteiger partial charge in [-0.05, 0) is 35.2 Å². The van der Waals surface area contributed by atoms with Crippen LogP contribution < -0.4 is 15.5 Å². The second kappa shape index (κ2) is 8.91. The van der Waals surface area contributed by atoms with Crippen molar-refractivity contribution in [3.05, 3.63) is 82.6 Å². The number of aliphatic imine (C=N–C) groups is 1. The number of nitrogens with one attached hydrogen (secondary N) is 2. The minimum Gasteiger partial charge on any atom is -0.378 e. The highest BCUT2D eigenvalue weighted by Crippen LogP contribution is 2.24. The molecule has 2 aliphatic heterocycles. The van der Waals surface area contributed by atoms with Crippen LogP contribution in [0.5, 0.6) is 0 Å².